The van der Waals surface area contributed by atoms with Crippen LogP contribution in [0.1, 0.15) is 10.4 Å². The highest BCUT2D eigenvalue weighted by Gasteiger charge is 2.20. The van der Waals surface area contributed by atoms with E-state index < -0.39 is 28.0 Å². The largest absolute Gasteiger partial charge is 0.477 e. The minimum absolute atomic E-state index is 0.114. The summed E-state index contributed by atoms with van der Waals surface area (Å²) in [7, 11) is 0. The predicted molar refractivity (Wildman–Crippen MR) is 77.4 cm³/mol. The standard InChI is InChI=1S/C13H8BrFN2O4/c14-9-2-1-3-10(15)12(9)16-7-4-5-11(17(20)21)8(6-7)13(18)19/h1-6,16H,(H,18,19). The first-order valence-corrected chi connectivity index (χ1v) is 6.42. The number of nitrogens with zero attached hydrogens (tertiary/aromatic N) is 1. The van der Waals surface area contributed by atoms with Crippen molar-refractivity contribution in [1.82, 2.24) is 0 Å². The molecule has 0 radical (unpaired) electrons. The predicted octanol–water partition coefficient (Wildman–Crippen LogP) is 3.94. The van der Waals surface area contributed by atoms with Crippen molar-refractivity contribution in [3.05, 3.63) is 62.4 Å². The second kappa shape index (κ2) is 5.88. The molecule has 0 heterocycles. The fourth-order valence-electron chi connectivity index (χ4n) is 1.71. The van der Waals surface area contributed by atoms with Crippen LogP contribution in [0.25, 0.3) is 0 Å². The van der Waals surface area contributed by atoms with Gasteiger partial charge in [0, 0.05) is 16.2 Å². The van der Waals surface area contributed by atoms with E-state index in [1.165, 1.54) is 18.2 Å². The highest BCUT2D eigenvalue weighted by molar-refractivity contribution is 9.10. The lowest BCUT2D eigenvalue weighted by atomic mass is 10.1. The molecule has 0 fully saturated rings. The molecule has 0 bridgehead atoms. The van der Waals surface area contributed by atoms with Crippen LogP contribution in [-0.2, 0) is 0 Å². The molecule has 2 aromatic carbocycles. The van der Waals surface area contributed by atoms with Gasteiger partial charge >= 0.3 is 5.97 Å². The Morgan fingerprint density at radius 3 is 2.62 bits per heavy atom. The topological polar surface area (TPSA) is 92.5 Å². The molecular formula is C13H8BrFN2O4. The molecule has 0 saturated heterocycles. The summed E-state index contributed by atoms with van der Waals surface area (Å²) in [6.45, 7) is 0. The number of aromatic carboxylic acids is 1. The summed E-state index contributed by atoms with van der Waals surface area (Å²) in [4.78, 5) is 21.0. The van der Waals surface area contributed by atoms with Gasteiger partial charge in [-0.05, 0) is 40.2 Å². The quantitative estimate of drug-likeness (QED) is 0.640. The van der Waals surface area contributed by atoms with Crippen molar-refractivity contribution in [3.63, 3.8) is 0 Å². The summed E-state index contributed by atoms with van der Waals surface area (Å²) in [5, 5.41) is 22.5. The minimum atomic E-state index is -1.43. The number of hydrogen-bond donors (Lipinski definition) is 2. The van der Waals surface area contributed by atoms with Gasteiger partial charge in [-0.25, -0.2) is 9.18 Å². The van der Waals surface area contributed by atoms with Gasteiger partial charge in [0.2, 0.25) is 0 Å². The summed E-state index contributed by atoms with van der Waals surface area (Å²) >= 11 is 3.16. The number of carboxylic acid groups (broad SMARTS) is 1. The van der Waals surface area contributed by atoms with Gasteiger partial charge in [0.1, 0.15) is 11.4 Å². The lowest BCUT2D eigenvalue weighted by Crippen LogP contribution is -2.04. The smallest absolute Gasteiger partial charge is 0.342 e. The van der Waals surface area contributed by atoms with Crippen LogP contribution in [0.4, 0.5) is 21.5 Å². The molecule has 6 nitrogen and oxygen atoms in total. The molecule has 108 valence electrons. The molecule has 0 aromatic heterocycles. The molecule has 0 unspecified atom stereocenters. The monoisotopic (exact) mass is 354 g/mol. The third kappa shape index (κ3) is 3.16. The van der Waals surface area contributed by atoms with E-state index in [9.17, 15) is 19.3 Å². The van der Waals surface area contributed by atoms with Gasteiger partial charge in [0.05, 0.1) is 10.6 Å². The number of rotatable bonds is 4. The van der Waals surface area contributed by atoms with Crippen LogP contribution in [0, 0.1) is 15.9 Å². The van der Waals surface area contributed by atoms with Gasteiger partial charge in [0.25, 0.3) is 5.69 Å². The molecule has 2 N–H and O–H groups in total. The van der Waals surface area contributed by atoms with Gasteiger partial charge < -0.3 is 10.4 Å². The zero-order valence-electron chi connectivity index (χ0n) is 10.3. The van der Waals surface area contributed by atoms with Crippen LogP contribution in [0.3, 0.4) is 0 Å². The second-order valence-electron chi connectivity index (χ2n) is 4.02. The van der Waals surface area contributed by atoms with E-state index in [1.807, 2.05) is 0 Å². The normalized spacial score (nSPS) is 10.2. The number of nitrogens with one attached hydrogen (secondary N) is 1. The number of carboxylic acids is 1. The average molecular weight is 355 g/mol. The second-order valence-corrected chi connectivity index (χ2v) is 4.87. The maximum absolute atomic E-state index is 13.7. The molecule has 0 aliphatic rings. The zero-order valence-corrected chi connectivity index (χ0v) is 11.9. The van der Waals surface area contributed by atoms with E-state index >= 15 is 0 Å². The summed E-state index contributed by atoms with van der Waals surface area (Å²) in [5.41, 5.74) is -0.662. The lowest BCUT2D eigenvalue weighted by Gasteiger charge is -2.10. The number of halogens is 2. The number of nitro groups is 1. The molecule has 0 aliphatic heterocycles. The van der Waals surface area contributed by atoms with Gasteiger partial charge in [-0.15, -0.1) is 0 Å². The van der Waals surface area contributed by atoms with Crippen LogP contribution < -0.4 is 5.32 Å². The van der Waals surface area contributed by atoms with Crippen molar-refractivity contribution in [2.45, 2.75) is 0 Å². The minimum Gasteiger partial charge on any atom is -0.477 e. The van der Waals surface area contributed by atoms with Crippen LogP contribution in [-0.4, -0.2) is 16.0 Å². The lowest BCUT2D eigenvalue weighted by molar-refractivity contribution is -0.385. The molecule has 8 heteroatoms. The van der Waals surface area contributed by atoms with Crippen molar-refractivity contribution in [2.24, 2.45) is 0 Å². The first kappa shape index (κ1) is 14.9. The molecular weight excluding hydrogens is 347 g/mol. The molecule has 21 heavy (non-hydrogen) atoms. The molecule has 0 aliphatic carbocycles. The average Bonchev–Trinajstić information content (AvgIpc) is 2.42. The number of benzene rings is 2. The highest BCUT2D eigenvalue weighted by atomic mass is 79.9. The molecule has 0 spiro atoms. The van der Waals surface area contributed by atoms with E-state index in [0.717, 1.165) is 12.1 Å². The summed E-state index contributed by atoms with van der Waals surface area (Å²) in [6, 6.07) is 7.79. The Balaban J connectivity index is 2.44. The SMILES string of the molecule is O=C(O)c1cc(Nc2c(F)cccc2Br)ccc1[N+](=O)[O-]. The Morgan fingerprint density at radius 2 is 2.05 bits per heavy atom. The number of nitro benzene ring substituents is 1. The van der Waals surface area contributed by atoms with Crippen molar-refractivity contribution < 1.29 is 19.2 Å². The van der Waals surface area contributed by atoms with Crippen LogP contribution in [0.15, 0.2) is 40.9 Å². The summed E-state index contributed by atoms with van der Waals surface area (Å²) < 4.78 is 14.1. The number of hydrogen-bond acceptors (Lipinski definition) is 4. The Kier molecular flexibility index (Phi) is 4.18. The number of carbonyl (C=O) groups is 1. The van der Waals surface area contributed by atoms with Crippen LogP contribution in [0.5, 0.6) is 0 Å². The fourth-order valence-corrected chi connectivity index (χ4v) is 2.15. The summed E-state index contributed by atoms with van der Waals surface area (Å²) in [6.07, 6.45) is 0. The van der Waals surface area contributed by atoms with E-state index in [0.29, 0.717) is 4.47 Å². The number of para-hydroxylation sites is 1. The molecule has 0 saturated carbocycles. The zero-order chi connectivity index (χ0) is 15.6. The van der Waals surface area contributed by atoms with Gasteiger partial charge in [-0.1, -0.05) is 6.07 Å². The Bertz CT molecular complexity index is 716. The molecule has 0 atom stereocenters. The molecule has 2 rings (SSSR count). The number of anilines is 2. The first-order chi connectivity index (χ1) is 9.90. The third-order valence-corrected chi connectivity index (χ3v) is 3.32. The van der Waals surface area contributed by atoms with Crippen molar-refractivity contribution >= 4 is 39.0 Å². The van der Waals surface area contributed by atoms with E-state index in [2.05, 4.69) is 21.2 Å². The van der Waals surface area contributed by atoms with E-state index in [4.69, 9.17) is 5.11 Å². The first-order valence-electron chi connectivity index (χ1n) is 5.63. The Labute approximate surface area is 126 Å². The molecule has 2 aromatic rings. The van der Waals surface area contributed by atoms with E-state index in [1.54, 1.807) is 6.07 Å². The van der Waals surface area contributed by atoms with Gasteiger partial charge in [-0.3, -0.25) is 10.1 Å². The summed E-state index contributed by atoms with van der Waals surface area (Å²) in [5.74, 6) is -1.97. The van der Waals surface area contributed by atoms with Gasteiger partial charge in [-0.2, -0.15) is 0 Å². The van der Waals surface area contributed by atoms with Crippen molar-refractivity contribution in [3.8, 4) is 0 Å². The van der Waals surface area contributed by atoms with E-state index in [-0.39, 0.29) is 11.4 Å². The van der Waals surface area contributed by atoms with Crippen LogP contribution >= 0.6 is 15.9 Å². The Morgan fingerprint density at radius 1 is 1.33 bits per heavy atom. The highest BCUT2D eigenvalue weighted by Crippen LogP contribution is 2.30. The van der Waals surface area contributed by atoms with Gasteiger partial charge in [0.15, 0.2) is 0 Å². The molecule has 0 amide bonds. The van der Waals surface area contributed by atoms with Crippen molar-refractivity contribution in [2.75, 3.05) is 5.32 Å². The fraction of sp³-hybridized carbons (Fsp3) is 0. The third-order valence-electron chi connectivity index (χ3n) is 2.66. The maximum Gasteiger partial charge on any atom is 0.342 e. The maximum atomic E-state index is 13.7. The van der Waals surface area contributed by atoms with Crippen molar-refractivity contribution in [1.29, 1.82) is 0 Å². The Hall–Kier alpha value is -2.48. The van der Waals surface area contributed by atoms with Crippen LogP contribution in [0.2, 0.25) is 0 Å².